The number of nitrogens with one attached hydrogen (secondary N) is 2. The molecule has 0 amide bonds. The molecule has 2 unspecified atom stereocenters. The molecule has 3 N–H and O–H groups in total. The van der Waals surface area contributed by atoms with Crippen molar-refractivity contribution in [3.63, 3.8) is 0 Å². The maximum atomic E-state index is 13.8. The molecule has 1 aromatic carbocycles. The summed E-state index contributed by atoms with van der Waals surface area (Å²) in [5.41, 5.74) is 3.72. The van der Waals surface area contributed by atoms with E-state index in [0.29, 0.717) is 36.2 Å². The number of benzene rings is 1. The molecule has 0 spiro atoms. The van der Waals surface area contributed by atoms with Gasteiger partial charge in [0.2, 0.25) is 0 Å². The van der Waals surface area contributed by atoms with E-state index in [-0.39, 0.29) is 11.9 Å². The van der Waals surface area contributed by atoms with Gasteiger partial charge in [0, 0.05) is 24.8 Å². The van der Waals surface area contributed by atoms with Crippen LogP contribution in [0.4, 0.5) is 15.9 Å². The highest BCUT2D eigenvalue weighted by molar-refractivity contribution is 5.93. The number of aromatic amines is 1. The van der Waals surface area contributed by atoms with E-state index < -0.39 is 6.29 Å². The van der Waals surface area contributed by atoms with Crippen LogP contribution in [0.25, 0.3) is 11.0 Å². The Balaban J connectivity index is 1.66. The van der Waals surface area contributed by atoms with Crippen molar-refractivity contribution in [2.75, 3.05) is 11.9 Å². The van der Waals surface area contributed by atoms with Crippen molar-refractivity contribution in [2.45, 2.75) is 58.8 Å². The molecule has 4 rings (SSSR count). The molecule has 0 radical (unpaired) electrons. The number of ether oxygens (including phenoxy) is 2. The van der Waals surface area contributed by atoms with Crippen molar-refractivity contribution in [3.05, 3.63) is 41.6 Å². The lowest BCUT2D eigenvalue weighted by molar-refractivity contribution is -0.107. The average Bonchev–Trinajstić information content (AvgIpc) is 3.08. The summed E-state index contributed by atoms with van der Waals surface area (Å²) in [6, 6.07) is 4.42. The normalized spacial score (nSPS) is 17.0. The third kappa shape index (κ3) is 4.80. The van der Waals surface area contributed by atoms with Crippen LogP contribution in [0.15, 0.2) is 24.5 Å². The molecule has 1 aliphatic rings. The van der Waals surface area contributed by atoms with Crippen molar-refractivity contribution >= 4 is 22.5 Å². The summed E-state index contributed by atoms with van der Waals surface area (Å²) >= 11 is 0. The zero-order chi connectivity index (χ0) is 22.0. The lowest BCUT2D eigenvalue weighted by atomic mass is 9.84. The van der Waals surface area contributed by atoms with Gasteiger partial charge in [-0.2, -0.15) is 0 Å². The number of H-pyrrole nitrogens is 1. The minimum atomic E-state index is -0.745. The lowest BCUT2D eigenvalue weighted by Gasteiger charge is -2.24. The van der Waals surface area contributed by atoms with E-state index in [2.05, 4.69) is 20.3 Å². The van der Waals surface area contributed by atoms with Gasteiger partial charge in [-0.05, 0) is 63.6 Å². The molecule has 31 heavy (non-hydrogen) atoms. The topological polar surface area (TPSA) is 92.3 Å². The Labute approximate surface area is 181 Å². The van der Waals surface area contributed by atoms with Crippen molar-refractivity contribution < 1.29 is 19.0 Å². The fourth-order valence-corrected chi connectivity index (χ4v) is 4.23. The summed E-state index contributed by atoms with van der Waals surface area (Å²) in [5, 5.41) is 14.3. The van der Waals surface area contributed by atoms with Gasteiger partial charge >= 0.3 is 0 Å². The van der Waals surface area contributed by atoms with Crippen molar-refractivity contribution in [2.24, 2.45) is 5.92 Å². The van der Waals surface area contributed by atoms with Crippen molar-refractivity contribution in [1.29, 1.82) is 0 Å². The number of aliphatic hydroxyl groups is 1. The fourth-order valence-electron chi connectivity index (χ4n) is 4.23. The number of aliphatic hydroxyl groups excluding tert-OH is 1. The van der Waals surface area contributed by atoms with Crippen LogP contribution in [-0.2, 0) is 17.6 Å². The summed E-state index contributed by atoms with van der Waals surface area (Å²) in [6.45, 7) is 6.17. The van der Waals surface area contributed by atoms with Gasteiger partial charge in [-0.15, -0.1) is 0 Å². The maximum absolute atomic E-state index is 13.8. The van der Waals surface area contributed by atoms with E-state index in [1.165, 1.54) is 18.5 Å². The lowest BCUT2D eigenvalue weighted by Crippen LogP contribution is -2.22. The predicted octanol–water partition coefficient (Wildman–Crippen LogP) is 4.48. The van der Waals surface area contributed by atoms with Crippen LogP contribution in [0.5, 0.6) is 5.75 Å². The van der Waals surface area contributed by atoms with Gasteiger partial charge in [0.15, 0.2) is 6.29 Å². The smallest absolute Gasteiger partial charge is 0.154 e. The number of hydrogen-bond acceptors (Lipinski definition) is 6. The van der Waals surface area contributed by atoms with Crippen LogP contribution in [0.2, 0.25) is 0 Å². The molecule has 7 nitrogen and oxygen atoms in total. The molecular formula is C23H29FN4O3. The second-order valence-corrected chi connectivity index (χ2v) is 8.21. The fraction of sp³-hybridized carbons (Fsp3) is 0.478. The highest BCUT2D eigenvalue weighted by Gasteiger charge is 2.27. The van der Waals surface area contributed by atoms with E-state index >= 15 is 0 Å². The Hall–Kier alpha value is -2.71. The van der Waals surface area contributed by atoms with E-state index in [9.17, 15) is 9.50 Å². The predicted molar refractivity (Wildman–Crippen MR) is 117 cm³/mol. The van der Waals surface area contributed by atoms with Crippen LogP contribution in [-0.4, -0.2) is 39.1 Å². The number of rotatable bonds is 8. The third-order valence-electron chi connectivity index (χ3n) is 5.53. The van der Waals surface area contributed by atoms with Gasteiger partial charge in [-0.3, -0.25) is 0 Å². The summed E-state index contributed by atoms with van der Waals surface area (Å²) in [5.74, 6) is 1.04. The summed E-state index contributed by atoms with van der Waals surface area (Å²) in [7, 11) is 0. The Morgan fingerprint density at radius 2 is 2.16 bits per heavy atom. The molecule has 2 aromatic heterocycles. The van der Waals surface area contributed by atoms with Gasteiger partial charge in [0.25, 0.3) is 0 Å². The van der Waals surface area contributed by atoms with Crippen LogP contribution in [0.1, 0.15) is 44.9 Å². The number of halogens is 1. The Bertz CT molecular complexity index is 1050. The average molecular weight is 429 g/mol. The first-order valence-electron chi connectivity index (χ1n) is 10.8. The second kappa shape index (κ2) is 9.20. The quantitative estimate of drug-likeness (QED) is 0.458. The summed E-state index contributed by atoms with van der Waals surface area (Å²) in [6.07, 6.45) is 3.93. The molecule has 3 aromatic rings. The molecule has 0 saturated carbocycles. The van der Waals surface area contributed by atoms with Crippen LogP contribution < -0.4 is 10.1 Å². The van der Waals surface area contributed by atoms with E-state index in [1.807, 2.05) is 20.8 Å². The minimum Gasteiger partial charge on any atom is -0.489 e. The minimum absolute atomic E-state index is 0.0923. The molecular weight excluding hydrogens is 399 g/mol. The SMILES string of the molecule is CCOC(O)CC1CCc2[nH]c3ncnc(Nc4ccc(F)cc4OC(C)C)c3c2C1. The number of fused-ring (bicyclic) bond motifs is 3. The standard InChI is InChI=1S/C23H29FN4O3/c1-4-30-20(29)10-14-5-7-17-16(9-14)21-22(27-17)25-12-26-23(21)28-18-8-6-15(24)11-19(18)31-13(2)3/h6,8,11-14,20,29H,4-5,7,9-10H2,1-3H3,(H2,25,26,27,28). The van der Waals surface area contributed by atoms with Gasteiger partial charge in [-0.1, -0.05) is 0 Å². The van der Waals surface area contributed by atoms with Crippen LogP contribution in [0.3, 0.4) is 0 Å². The molecule has 2 heterocycles. The number of aromatic nitrogens is 3. The Morgan fingerprint density at radius 3 is 2.94 bits per heavy atom. The molecule has 0 saturated heterocycles. The van der Waals surface area contributed by atoms with Crippen LogP contribution >= 0.6 is 0 Å². The monoisotopic (exact) mass is 428 g/mol. The molecule has 0 aliphatic heterocycles. The first-order chi connectivity index (χ1) is 14.9. The molecule has 166 valence electrons. The molecule has 1 aliphatic carbocycles. The van der Waals surface area contributed by atoms with Crippen molar-refractivity contribution in [1.82, 2.24) is 15.0 Å². The van der Waals surface area contributed by atoms with E-state index in [4.69, 9.17) is 9.47 Å². The number of anilines is 2. The van der Waals surface area contributed by atoms with Gasteiger partial charge in [0.05, 0.1) is 17.2 Å². The number of nitrogens with zero attached hydrogens (tertiary/aromatic N) is 2. The third-order valence-corrected chi connectivity index (χ3v) is 5.53. The first-order valence-corrected chi connectivity index (χ1v) is 10.8. The number of aryl methyl sites for hydroxylation is 1. The Kier molecular flexibility index (Phi) is 6.38. The van der Waals surface area contributed by atoms with E-state index in [0.717, 1.165) is 41.6 Å². The number of hydrogen-bond donors (Lipinski definition) is 3. The van der Waals surface area contributed by atoms with Gasteiger partial charge < -0.3 is 24.9 Å². The summed E-state index contributed by atoms with van der Waals surface area (Å²) in [4.78, 5) is 12.3. The van der Waals surface area contributed by atoms with Crippen molar-refractivity contribution in [3.8, 4) is 5.75 Å². The van der Waals surface area contributed by atoms with E-state index in [1.54, 1.807) is 6.07 Å². The molecule has 2 atom stereocenters. The highest BCUT2D eigenvalue weighted by atomic mass is 19.1. The zero-order valence-electron chi connectivity index (χ0n) is 18.1. The molecule has 0 bridgehead atoms. The Morgan fingerprint density at radius 1 is 1.32 bits per heavy atom. The maximum Gasteiger partial charge on any atom is 0.154 e. The highest BCUT2D eigenvalue weighted by Crippen LogP contribution is 2.37. The van der Waals surface area contributed by atoms with Gasteiger partial charge in [-0.25, -0.2) is 14.4 Å². The molecule has 8 heteroatoms. The molecule has 0 fully saturated rings. The largest absolute Gasteiger partial charge is 0.489 e. The zero-order valence-corrected chi connectivity index (χ0v) is 18.1. The first kappa shape index (κ1) is 21.5. The summed E-state index contributed by atoms with van der Waals surface area (Å²) < 4.78 is 24.9. The second-order valence-electron chi connectivity index (χ2n) is 8.21. The van der Waals surface area contributed by atoms with Crippen LogP contribution in [0, 0.1) is 11.7 Å². The van der Waals surface area contributed by atoms with Gasteiger partial charge in [0.1, 0.15) is 29.4 Å².